The van der Waals surface area contributed by atoms with Crippen LogP contribution in [0.1, 0.15) is 17.8 Å². The van der Waals surface area contributed by atoms with Crippen molar-refractivity contribution < 1.29 is 4.79 Å². The molecule has 6 heteroatoms. The first-order valence-corrected chi connectivity index (χ1v) is 6.71. The van der Waals surface area contributed by atoms with E-state index in [4.69, 9.17) is 17.3 Å². The zero-order chi connectivity index (χ0) is 12.8. The normalized spacial score (nSPS) is 12.8. The van der Waals surface area contributed by atoms with Crippen molar-refractivity contribution in [3.8, 4) is 0 Å². The maximum absolute atomic E-state index is 11.4. The van der Waals surface area contributed by atoms with Crippen LogP contribution in [0.5, 0.6) is 0 Å². The number of nitrogens with zero attached hydrogens (tertiary/aromatic N) is 1. The van der Waals surface area contributed by atoms with E-state index in [9.17, 15) is 4.79 Å². The summed E-state index contributed by atoms with van der Waals surface area (Å²) in [7, 11) is 1.63. The molecule has 0 spiro atoms. The smallest absolute Gasteiger partial charge is 0.233 e. The number of nitrogens with two attached hydrogens (primary N) is 1. The largest absolute Gasteiger partial charge is 0.358 e. The van der Waals surface area contributed by atoms with Crippen LogP contribution in [0, 0.1) is 0 Å². The summed E-state index contributed by atoms with van der Waals surface area (Å²) >= 11 is 7.43. The first kappa shape index (κ1) is 14.4. The Morgan fingerprint density at radius 3 is 2.76 bits per heavy atom. The number of carbonyl (C=O) groups excluding carboxylic acids is 1. The van der Waals surface area contributed by atoms with E-state index in [0.29, 0.717) is 13.1 Å². The lowest BCUT2D eigenvalue weighted by Crippen LogP contribution is -2.40. The van der Waals surface area contributed by atoms with Crippen molar-refractivity contribution in [2.75, 3.05) is 26.7 Å². The molecule has 0 fully saturated rings. The highest BCUT2D eigenvalue weighted by atomic mass is 35.5. The molecule has 0 aliphatic heterocycles. The minimum absolute atomic E-state index is 0.00652. The molecule has 1 aromatic rings. The van der Waals surface area contributed by atoms with Crippen LogP contribution in [-0.2, 0) is 4.79 Å². The topological polar surface area (TPSA) is 58.4 Å². The monoisotopic (exact) mass is 275 g/mol. The van der Waals surface area contributed by atoms with E-state index >= 15 is 0 Å². The number of nitrogens with one attached hydrogen (secondary N) is 1. The fourth-order valence-corrected chi connectivity index (χ4v) is 2.87. The van der Waals surface area contributed by atoms with Gasteiger partial charge < -0.3 is 11.1 Å². The fourth-order valence-electron chi connectivity index (χ4n) is 1.66. The van der Waals surface area contributed by atoms with E-state index in [-0.39, 0.29) is 11.9 Å². The van der Waals surface area contributed by atoms with Gasteiger partial charge >= 0.3 is 0 Å². The van der Waals surface area contributed by atoms with Crippen LogP contribution in [0.15, 0.2) is 12.1 Å². The summed E-state index contributed by atoms with van der Waals surface area (Å²) in [6.45, 7) is 3.61. The summed E-state index contributed by atoms with van der Waals surface area (Å²) in [6, 6.07) is 3.88. The Labute approximate surface area is 111 Å². The minimum atomic E-state index is -0.00652. The summed E-state index contributed by atoms with van der Waals surface area (Å²) < 4.78 is 0.745. The molecule has 1 heterocycles. The van der Waals surface area contributed by atoms with Gasteiger partial charge in [-0.1, -0.05) is 18.5 Å². The van der Waals surface area contributed by atoms with Crippen LogP contribution in [0.3, 0.4) is 0 Å². The Kier molecular flexibility index (Phi) is 5.91. The highest BCUT2D eigenvalue weighted by Gasteiger charge is 2.21. The summed E-state index contributed by atoms with van der Waals surface area (Å²) in [6.07, 6.45) is 0. The van der Waals surface area contributed by atoms with Crippen molar-refractivity contribution in [3.63, 3.8) is 0 Å². The van der Waals surface area contributed by atoms with Gasteiger partial charge in [-0.2, -0.15) is 0 Å². The molecule has 1 unspecified atom stereocenters. The maximum atomic E-state index is 11.4. The van der Waals surface area contributed by atoms with Gasteiger partial charge in [0, 0.05) is 18.5 Å². The first-order valence-electron chi connectivity index (χ1n) is 5.52. The summed E-state index contributed by atoms with van der Waals surface area (Å²) in [4.78, 5) is 14.6. The molecule has 0 aliphatic rings. The van der Waals surface area contributed by atoms with Gasteiger partial charge in [-0.3, -0.25) is 9.69 Å². The number of hydrogen-bond donors (Lipinski definition) is 2. The molecular formula is C11H18ClN3OS. The lowest BCUT2D eigenvalue weighted by atomic mass is 10.2. The van der Waals surface area contributed by atoms with E-state index in [1.165, 1.54) is 11.3 Å². The molecule has 1 atom stereocenters. The number of carbonyl (C=O) groups is 1. The zero-order valence-corrected chi connectivity index (χ0v) is 11.6. The number of likely N-dealkylation sites (N-methyl/N-ethyl adjacent to an activating group) is 2. The van der Waals surface area contributed by atoms with Crippen molar-refractivity contribution in [3.05, 3.63) is 21.3 Å². The third kappa shape index (κ3) is 3.96. The Morgan fingerprint density at radius 1 is 1.65 bits per heavy atom. The van der Waals surface area contributed by atoms with Crippen molar-refractivity contribution in [1.29, 1.82) is 0 Å². The lowest BCUT2D eigenvalue weighted by Gasteiger charge is -2.28. The van der Waals surface area contributed by atoms with Crippen LogP contribution in [-0.4, -0.2) is 37.5 Å². The molecule has 1 aromatic heterocycles. The van der Waals surface area contributed by atoms with Gasteiger partial charge in [0.25, 0.3) is 0 Å². The van der Waals surface area contributed by atoms with Crippen molar-refractivity contribution >= 4 is 28.8 Å². The SMILES string of the molecule is CCN(CC(=O)NC)C(CN)c1ccc(Cl)s1. The van der Waals surface area contributed by atoms with Gasteiger partial charge in [-0.05, 0) is 18.7 Å². The van der Waals surface area contributed by atoms with Crippen molar-refractivity contribution in [1.82, 2.24) is 10.2 Å². The Balaban J connectivity index is 2.79. The molecule has 17 heavy (non-hydrogen) atoms. The lowest BCUT2D eigenvalue weighted by molar-refractivity contribution is -0.122. The van der Waals surface area contributed by atoms with E-state index in [1.54, 1.807) is 7.05 Å². The Hall–Kier alpha value is -0.620. The Bertz CT molecular complexity index is 369. The molecule has 0 saturated carbocycles. The summed E-state index contributed by atoms with van der Waals surface area (Å²) in [5.41, 5.74) is 5.80. The number of amides is 1. The average molecular weight is 276 g/mol. The highest BCUT2D eigenvalue weighted by Crippen LogP contribution is 2.29. The zero-order valence-electron chi connectivity index (χ0n) is 10.1. The average Bonchev–Trinajstić information content (AvgIpc) is 2.75. The molecule has 96 valence electrons. The second-order valence-corrected chi connectivity index (χ2v) is 5.38. The van der Waals surface area contributed by atoms with Crippen LogP contribution < -0.4 is 11.1 Å². The minimum Gasteiger partial charge on any atom is -0.358 e. The van der Waals surface area contributed by atoms with E-state index in [1.807, 2.05) is 24.0 Å². The number of rotatable bonds is 6. The quantitative estimate of drug-likeness (QED) is 0.827. The first-order chi connectivity index (χ1) is 8.12. The molecule has 0 bridgehead atoms. The molecule has 1 rings (SSSR count). The number of halogens is 1. The molecule has 0 aliphatic carbocycles. The van der Waals surface area contributed by atoms with Gasteiger partial charge in [-0.15, -0.1) is 11.3 Å². The van der Waals surface area contributed by atoms with Gasteiger partial charge in [-0.25, -0.2) is 0 Å². The Morgan fingerprint density at radius 2 is 2.35 bits per heavy atom. The molecule has 3 N–H and O–H groups in total. The van der Waals surface area contributed by atoms with Gasteiger partial charge in [0.15, 0.2) is 0 Å². The molecular weight excluding hydrogens is 258 g/mol. The second-order valence-electron chi connectivity index (χ2n) is 3.63. The molecule has 0 aromatic carbocycles. The van der Waals surface area contributed by atoms with E-state index < -0.39 is 0 Å². The van der Waals surface area contributed by atoms with E-state index in [0.717, 1.165) is 15.8 Å². The molecule has 1 amide bonds. The summed E-state index contributed by atoms with van der Waals surface area (Å²) in [5.74, 6) is -0.00652. The van der Waals surface area contributed by atoms with Crippen LogP contribution in [0.4, 0.5) is 0 Å². The van der Waals surface area contributed by atoms with Crippen LogP contribution in [0.25, 0.3) is 0 Å². The molecule has 0 radical (unpaired) electrons. The standard InChI is InChI=1S/C11H18ClN3OS/c1-3-15(7-11(16)14-2)8(6-13)9-4-5-10(12)17-9/h4-5,8H,3,6-7,13H2,1-2H3,(H,14,16). The highest BCUT2D eigenvalue weighted by molar-refractivity contribution is 7.16. The van der Waals surface area contributed by atoms with Gasteiger partial charge in [0.05, 0.1) is 16.9 Å². The number of hydrogen-bond acceptors (Lipinski definition) is 4. The van der Waals surface area contributed by atoms with Crippen molar-refractivity contribution in [2.24, 2.45) is 5.73 Å². The predicted octanol–water partition coefficient (Wildman–Crippen LogP) is 1.47. The van der Waals surface area contributed by atoms with Gasteiger partial charge in [0.1, 0.15) is 0 Å². The molecule has 4 nitrogen and oxygen atoms in total. The maximum Gasteiger partial charge on any atom is 0.233 e. The second kappa shape index (κ2) is 6.96. The summed E-state index contributed by atoms with van der Waals surface area (Å²) in [5, 5.41) is 2.62. The van der Waals surface area contributed by atoms with Crippen LogP contribution >= 0.6 is 22.9 Å². The van der Waals surface area contributed by atoms with Crippen molar-refractivity contribution in [2.45, 2.75) is 13.0 Å². The third-order valence-electron chi connectivity index (χ3n) is 2.62. The van der Waals surface area contributed by atoms with Gasteiger partial charge in [0.2, 0.25) is 5.91 Å². The van der Waals surface area contributed by atoms with Crippen LogP contribution in [0.2, 0.25) is 4.34 Å². The van der Waals surface area contributed by atoms with E-state index in [2.05, 4.69) is 5.32 Å². The number of thiophene rings is 1. The molecule has 0 saturated heterocycles. The predicted molar refractivity (Wildman–Crippen MR) is 72.4 cm³/mol. The third-order valence-corrected chi connectivity index (χ3v) is 3.95. The fraction of sp³-hybridized carbons (Fsp3) is 0.545.